The summed E-state index contributed by atoms with van der Waals surface area (Å²) >= 11 is 0. The van der Waals surface area contributed by atoms with E-state index < -0.39 is 0 Å². The van der Waals surface area contributed by atoms with Crippen molar-refractivity contribution in [1.82, 2.24) is 0 Å². The van der Waals surface area contributed by atoms with Crippen molar-refractivity contribution >= 4 is 0 Å². The van der Waals surface area contributed by atoms with Crippen molar-refractivity contribution in [2.24, 2.45) is 0 Å². The summed E-state index contributed by atoms with van der Waals surface area (Å²) in [5.41, 5.74) is 4.60. The van der Waals surface area contributed by atoms with E-state index in [1.165, 1.54) is 75.3 Å². The highest BCUT2D eigenvalue weighted by molar-refractivity contribution is 5.41. The highest BCUT2D eigenvalue weighted by atomic mass is 16.3. The highest BCUT2D eigenvalue weighted by Crippen LogP contribution is 2.26. The minimum absolute atomic E-state index is 0.423. The van der Waals surface area contributed by atoms with Gasteiger partial charge in [0.1, 0.15) is 11.5 Å². The minimum Gasteiger partial charge on any atom is -0.508 e. The average Bonchev–Trinajstić information content (AvgIpc) is 2.77. The summed E-state index contributed by atoms with van der Waals surface area (Å²) in [6.07, 6.45) is 18.0. The number of unbranched alkanes of at least 4 members (excludes halogenated alkanes) is 10. The second kappa shape index (κ2) is 14.9. The third-order valence-corrected chi connectivity index (χ3v) is 6.30. The minimum atomic E-state index is 0.423. The number of hydrogen-bond acceptors (Lipinski definition) is 2. The van der Waals surface area contributed by atoms with E-state index in [4.69, 9.17) is 0 Å². The molecule has 2 heteroatoms. The van der Waals surface area contributed by atoms with Crippen LogP contribution in [0.4, 0.5) is 0 Å². The largest absolute Gasteiger partial charge is 0.508 e. The van der Waals surface area contributed by atoms with E-state index in [1.807, 2.05) is 24.3 Å². The fourth-order valence-electron chi connectivity index (χ4n) is 4.33. The van der Waals surface area contributed by atoms with Gasteiger partial charge in [-0.1, -0.05) is 102 Å². The van der Waals surface area contributed by atoms with E-state index in [0.717, 1.165) is 43.2 Å². The maximum absolute atomic E-state index is 10.3. The summed E-state index contributed by atoms with van der Waals surface area (Å²) in [7, 11) is 0. The monoisotopic (exact) mass is 424 g/mol. The van der Waals surface area contributed by atoms with Gasteiger partial charge in [-0.2, -0.15) is 0 Å². The molecule has 31 heavy (non-hydrogen) atoms. The Morgan fingerprint density at radius 3 is 1.32 bits per heavy atom. The van der Waals surface area contributed by atoms with Crippen molar-refractivity contribution in [3.63, 3.8) is 0 Å². The quantitative estimate of drug-likeness (QED) is 0.265. The molecule has 0 fully saturated rings. The van der Waals surface area contributed by atoms with Gasteiger partial charge in [-0.05, 0) is 66.5 Å². The molecule has 0 spiro atoms. The van der Waals surface area contributed by atoms with E-state index in [2.05, 4.69) is 26.0 Å². The molecule has 2 rings (SSSR count). The molecule has 0 unspecified atom stereocenters. The second-order valence-corrected chi connectivity index (χ2v) is 9.14. The van der Waals surface area contributed by atoms with Gasteiger partial charge in [0.05, 0.1) is 0 Å². The molecule has 0 amide bonds. The Morgan fingerprint density at radius 2 is 0.903 bits per heavy atom. The first kappa shape index (κ1) is 25.3. The third kappa shape index (κ3) is 9.80. The Kier molecular flexibility index (Phi) is 12.2. The Bertz CT molecular complexity index is 687. The number of rotatable bonds is 16. The highest BCUT2D eigenvalue weighted by Gasteiger charge is 2.07. The predicted octanol–water partition coefficient (Wildman–Crippen LogP) is 8.49. The first-order chi connectivity index (χ1) is 15.1. The lowest BCUT2D eigenvalue weighted by Crippen LogP contribution is -1.95. The maximum Gasteiger partial charge on any atom is 0.118 e. The molecular formula is C29H44O2. The van der Waals surface area contributed by atoms with Gasteiger partial charge >= 0.3 is 0 Å². The summed E-state index contributed by atoms with van der Waals surface area (Å²) in [6.45, 7) is 4.49. The first-order valence-electron chi connectivity index (χ1n) is 12.8. The molecular weight excluding hydrogens is 380 g/mol. The predicted molar refractivity (Wildman–Crippen MR) is 133 cm³/mol. The smallest absolute Gasteiger partial charge is 0.118 e. The number of hydrogen-bond donors (Lipinski definition) is 2. The molecule has 0 aliphatic carbocycles. The van der Waals surface area contributed by atoms with Crippen LogP contribution in [0.15, 0.2) is 36.4 Å². The van der Waals surface area contributed by atoms with E-state index in [0.29, 0.717) is 11.5 Å². The van der Waals surface area contributed by atoms with E-state index >= 15 is 0 Å². The van der Waals surface area contributed by atoms with Crippen LogP contribution in [-0.2, 0) is 19.3 Å². The molecule has 0 aliphatic heterocycles. The molecule has 2 N–H and O–H groups in total. The van der Waals surface area contributed by atoms with Gasteiger partial charge in [0.25, 0.3) is 0 Å². The zero-order chi connectivity index (χ0) is 22.3. The fourth-order valence-corrected chi connectivity index (χ4v) is 4.33. The van der Waals surface area contributed by atoms with Crippen molar-refractivity contribution in [2.75, 3.05) is 0 Å². The lowest BCUT2D eigenvalue weighted by atomic mass is 9.96. The molecule has 0 atom stereocenters. The van der Waals surface area contributed by atoms with Crippen LogP contribution in [0.25, 0.3) is 0 Å². The van der Waals surface area contributed by atoms with Crippen LogP contribution in [0.2, 0.25) is 0 Å². The van der Waals surface area contributed by atoms with Crippen molar-refractivity contribution < 1.29 is 10.2 Å². The molecule has 0 aromatic heterocycles. The van der Waals surface area contributed by atoms with Crippen molar-refractivity contribution in [3.8, 4) is 11.5 Å². The van der Waals surface area contributed by atoms with E-state index in [-0.39, 0.29) is 0 Å². The van der Waals surface area contributed by atoms with Crippen LogP contribution in [0.1, 0.15) is 113 Å². The number of aryl methyl sites for hydroxylation is 2. The normalized spacial score (nSPS) is 11.2. The van der Waals surface area contributed by atoms with Gasteiger partial charge in [-0.25, -0.2) is 0 Å². The molecule has 0 heterocycles. The van der Waals surface area contributed by atoms with Crippen LogP contribution >= 0.6 is 0 Å². The topological polar surface area (TPSA) is 40.5 Å². The number of phenols is 2. The Labute approximate surface area is 190 Å². The van der Waals surface area contributed by atoms with Gasteiger partial charge in [0.2, 0.25) is 0 Å². The number of phenolic OH excluding ortho intramolecular Hbond substituents is 2. The zero-order valence-electron chi connectivity index (χ0n) is 20.0. The molecule has 0 aliphatic rings. The standard InChI is InChI=1S/C29H44O2/c1-3-5-7-9-11-13-15-26-22-24(17-19-28(26)30)21-25-18-20-29(31)27(23-25)16-14-12-10-8-6-4-2/h17-20,22-23,30-31H,3-16,21H2,1-2H3. The molecule has 2 nitrogen and oxygen atoms in total. The molecule has 172 valence electrons. The van der Waals surface area contributed by atoms with Crippen molar-refractivity contribution in [1.29, 1.82) is 0 Å². The molecule has 0 saturated carbocycles. The molecule has 0 bridgehead atoms. The van der Waals surface area contributed by atoms with Crippen LogP contribution in [-0.4, -0.2) is 10.2 Å². The van der Waals surface area contributed by atoms with E-state index in [9.17, 15) is 10.2 Å². The Morgan fingerprint density at radius 1 is 0.516 bits per heavy atom. The van der Waals surface area contributed by atoms with Crippen LogP contribution in [0, 0.1) is 0 Å². The summed E-state index contributed by atoms with van der Waals surface area (Å²) in [5.74, 6) is 0.846. The number of aromatic hydroxyl groups is 2. The maximum atomic E-state index is 10.3. The van der Waals surface area contributed by atoms with Crippen LogP contribution in [0.3, 0.4) is 0 Å². The molecule has 0 radical (unpaired) electrons. The Balaban J connectivity index is 1.88. The van der Waals surface area contributed by atoms with Crippen molar-refractivity contribution in [2.45, 2.75) is 110 Å². The second-order valence-electron chi connectivity index (χ2n) is 9.14. The van der Waals surface area contributed by atoms with Crippen LogP contribution in [0.5, 0.6) is 11.5 Å². The zero-order valence-corrected chi connectivity index (χ0v) is 20.0. The summed E-state index contributed by atoms with van der Waals surface area (Å²) in [4.78, 5) is 0. The number of benzene rings is 2. The van der Waals surface area contributed by atoms with Gasteiger partial charge in [-0.3, -0.25) is 0 Å². The summed E-state index contributed by atoms with van der Waals surface area (Å²) in [6, 6.07) is 12.1. The van der Waals surface area contributed by atoms with Gasteiger partial charge in [0.15, 0.2) is 0 Å². The van der Waals surface area contributed by atoms with Gasteiger partial charge < -0.3 is 10.2 Å². The molecule has 2 aromatic carbocycles. The lowest BCUT2D eigenvalue weighted by Gasteiger charge is -2.11. The lowest BCUT2D eigenvalue weighted by molar-refractivity contribution is 0.465. The van der Waals surface area contributed by atoms with Crippen molar-refractivity contribution in [3.05, 3.63) is 58.7 Å². The van der Waals surface area contributed by atoms with E-state index in [1.54, 1.807) is 0 Å². The molecule has 2 aromatic rings. The Hall–Kier alpha value is -1.96. The fraction of sp³-hybridized carbons (Fsp3) is 0.586. The third-order valence-electron chi connectivity index (χ3n) is 6.30. The van der Waals surface area contributed by atoms with Crippen LogP contribution < -0.4 is 0 Å². The van der Waals surface area contributed by atoms with Gasteiger partial charge in [-0.15, -0.1) is 0 Å². The van der Waals surface area contributed by atoms with Gasteiger partial charge in [0, 0.05) is 0 Å². The first-order valence-corrected chi connectivity index (χ1v) is 12.8. The molecule has 0 saturated heterocycles. The summed E-state index contributed by atoms with van der Waals surface area (Å²) < 4.78 is 0. The summed E-state index contributed by atoms with van der Waals surface area (Å²) in [5, 5.41) is 20.5. The SMILES string of the molecule is CCCCCCCCc1cc(Cc2ccc(O)c(CCCCCCCC)c2)ccc1O. The average molecular weight is 425 g/mol.